The van der Waals surface area contributed by atoms with Crippen molar-refractivity contribution < 1.29 is 14.2 Å². The predicted molar refractivity (Wildman–Crippen MR) is 72.7 cm³/mol. The van der Waals surface area contributed by atoms with E-state index >= 15 is 0 Å². The Labute approximate surface area is 109 Å². The molecular weight excluding hydrogens is 259 g/mol. The summed E-state index contributed by atoms with van der Waals surface area (Å²) in [5.74, 6) is 1.40. The topological polar surface area (TPSA) is 27.7 Å². The van der Waals surface area contributed by atoms with Crippen LogP contribution in [0.15, 0.2) is 18.2 Å². The molecule has 0 aliphatic heterocycles. The Morgan fingerprint density at radius 3 is 2.53 bits per heavy atom. The molecule has 1 aromatic carbocycles. The Kier molecular flexibility index (Phi) is 5.51. The van der Waals surface area contributed by atoms with Gasteiger partial charge in [0.05, 0.1) is 7.11 Å². The van der Waals surface area contributed by atoms with Gasteiger partial charge in [-0.1, -0.05) is 37.2 Å². The lowest BCUT2D eigenvalue weighted by Gasteiger charge is -2.25. The summed E-state index contributed by atoms with van der Waals surface area (Å²) in [5.41, 5.74) is 1.03. The largest absolute Gasteiger partial charge is 0.493 e. The fraction of sp³-hybridized carbons (Fsp3) is 0.500. The summed E-state index contributed by atoms with van der Waals surface area (Å²) in [5, 5.41) is -0.154. The van der Waals surface area contributed by atoms with E-state index in [-0.39, 0.29) is 19.9 Å². The molecule has 0 fully saturated rings. The van der Waals surface area contributed by atoms with Crippen LogP contribution in [-0.2, 0) is 9.89 Å². The second-order valence-corrected chi connectivity index (χ2v) is 6.11. The first-order chi connectivity index (χ1) is 8.06. The zero-order chi connectivity index (χ0) is 12.9. The summed E-state index contributed by atoms with van der Waals surface area (Å²) in [6.45, 7) is 4.34. The predicted octanol–water partition coefficient (Wildman–Crippen LogP) is 3.75. The summed E-state index contributed by atoms with van der Waals surface area (Å²) >= 11 is 6.03. The smallest absolute Gasteiger partial charge is 0.188 e. The van der Waals surface area contributed by atoms with E-state index in [2.05, 4.69) is 13.8 Å². The number of hydrogen-bond donors (Lipinski definition) is 0. The second-order valence-electron chi connectivity index (χ2n) is 4.11. The van der Waals surface area contributed by atoms with Crippen molar-refractivity contribution in [2.24, 2.45) is 0 Å². The molecule has 1 unspecified atom stereocenters. The molecule has 1 rings (SSSR count). The molecular formula is C12H18ClO3P. The molecule has 3 nitrogen and oxygen atoms in total. The summed E-state index contributed by atoms with van der Waals surface area (Å²) < 4.78 is 15.8. The first-order valence-corrected chi connectivity index (χ1v) is 7.25. The van der Waals surface area contributed by atoms with Crippen LogP contribution in [0.25, 0.3) is 0 Å². The lowest BCUT2D eigenvalue weighted by molar-refractivity contribution is 0.0481. The van der Waals surface area contributed by atoms with Gasteiger partial charge in [-0.3, -0.25) is 0 Å². The van der Waals surface area contributed by atoms with Crippen molar-refractivity contribution >= 4 is 19.2 Å². The van der Waals surface area contributed by atoms with Crippen molar-refractivity contribution in [1.29, 1.82) is 0 Å². The molecule has 0 aliphatic rings. The standard InChI is InChI=1S/C12H18ClO3P/c1-12(2,17-13)9-6-5-7-10(15-4)11(9)16-8-14-3/h5-7,17H,8H2,1-4H3. The van der Waals surface area contributed by atoms with E-state index in [1.54, 1.807) is 14.2 Å². The Morgan fingerprint density at radius 2 is 2.00 bits per heavy atom. The molecule has 96 valence electrons. The van der Waals surface area contributed by atoms with E-state index in [0.717, 1.165) is 5.56 Å². The van der Waals surface area contributed by atoms with Crippen LogP contribution in [-0.4, -0.2) is 21.0 Å². The van der Waals surface area contributed by atoms with Crippen LogP contribution in [0, 0.1) is 0 Å². The maximum atomic E-state index is 6.03. The van der Waals surface area contributed by atoms with Crippen LogP contribution in [0.3, 0.4) is 0 Å². The Balaban J connectivity index is 3.19. The van der Waals surface area contributed by atoms with E-state index in [1.165, 1.54) is 0 Å². The highest BCUT2D eigenvalue weighted by Crippen LogP contribution is 2.49. The van der Waals surface area contributed by atoms with Gasteiger partial charge in [-0.2, -0.15) is 0 Å². The second kappa shape index (κ2) is 6.44. The lowest BCUT2D eigenvalue weighted by atomic mass is 10.0. The van der Waals surface area contributed by atoms with Crippen LogP contribution in [0.2, 0.25) is 0 Å². The number of halogens is 1. The van der Waals surface area contributed by atoms with Gasteiger partial charge in [0.15, 0.2) is 18.3 Å². The van der Waals surface area contributed by atoms with E-state index in [0.29, 0.717) is 11.5 Å². The summed E-state index contributed by atoms with van der Waals surface area (Å²) in [7, 11) is 3.46. The zero-order valence-electron chi connectivity index (χ0n) is 10.5. The normalized spacial score (nSPS) is 12.1. The van der Waals surface area contributed by atoms with Crippen LogP contribution >= 0.6 is 19.2 Å². The molecule has 0 saturated carbocycles. The highest BCUT2D eigenvalue weighted by atomic mass is 35.7. The monoisotopic (exact) mass is 276 g/mol. The number of para-hydroxylation sites is 1. The molecule has 0 N–H and O–H groups in total. The Morgan fingerprint density at radius 1 is 1.29 bits per heavy atom. The number of ether oxygens (including phenoxy) is 3. The van der Waals surface area contributed by atoms with Crippen LogP contribution < -0.4 is 9.47 Å². The summed E-state index contributed by atoms with van der Waals surface area (Å²) in [6.07, 6.45) is 0. The van der Waals surface area contributed by atoms with Crippen molar-refractivity contribution in [3.05, 3.63) is 23.8 Å². The molecule has 0 radical (unpaired) electrons. The molecule has 17 heavy (non-hydrogen) atoms. The minimum absolute atomic E-state index is 0.154. The lowest BCUT2D eigenvalue weighted by Crippen LogP contribution is -2.13. The number of methoxy groups -OCH3 is 2. The summed E-state index contributed by atoms with van der Waals surface area (Å²) in [4.78, 5) is 0. The average Bonchev–Trinajstić information content (AvgIpc) is 2.35. The molecule has 0 aromatic heterocycles. The van der Waals surface area contributed by atoms with Gasteiger partial charge in [0.2, 0.25) is 0 Å². The van der Waals surface area contributed by atoms with E-state index < -0.39 is 0 Å². The summed E-state index contributed by atoms with van der Waals surface area (Å²) in [6, 6.07) is 5.80. The fourth-order valence-electron chi connectivity index (χ4n) is 1.49. The van der Waals surface area contributed by atoms with Crippen molar-refractivity contribution in [1.82, 2.24) is 0 Å². The van der Waals surface area contributed by atoms with E-state index in [9.17, 15) is 0 Å². The van der Waals surface area contributed by atoms with E-state index in [1.807, 2.05) is 18.2 Å². The van der Waals surface area contributed by atoms with E-state index in [4.69, 9.17) is 25.5 Å². The van der Waals surface area contributed by atoms with Crippen molar-refractivity contribution in [3.63, 3.8) is 0 Å². The Bertz CT molecular complexity index is 369. The zero-order valence-corrected chi connectivity index (χ0v) is 12.3. The minimum Gasteiger partial charge on any atom is -0.493 e. The maximum Gasteiger partial charge on any atom is 0.188 e. The van der Waals surface area contributed by atoms with Gasteiger partial charge in [0.1, 0.15) is 0 Å². The van der Waals surface area contributed by atoms with Gasteiger partial charge < -0.3 is 14.2 Å². The fourth-order valence-corrected chi connectivity index (χ4v) is 2.09. The van der Waals surface area contributed by atoms with Gasteiger partial charge in [0.25, 0.3) is 0 Å². The number of hydrogen-bond acceptors (Lipinski definition) is 3. The molecule has 0 bridgehead atoms. The highest BCUT2D eigenvalue weighted by molar-refractivity contribution is 7.69. The quantitative estimate of drug-likeness (QED) is 0.585. The Hall–Kier alpha value is -0.500. The maximum absolute atomic E-state index is 6.03. The van der Waals surface area contributed by atoms with Gasteiger partial charge in [0, 0.05) is 17.8 Å². The molecule has 0 saturated heterocycles. The highest BCUT2D eigenvalue weighted by Gasteiger charge is 2.26. The van der Waals surface area contributed by atoms with Gasteiger partial charge in [-0.25, -0.2) is 0 Å². The average molecular weight is 277 g/mol. The van der Waals surface area contributed by atoms with Gasteiger partial charge in [-0.05, 0) is 14.0 Å². The third-order valence-electron chi connectivity index (χ3n) is 2.43. The van der Waals surface area contributed by atoms with Gasteiger partial charge in [-0.15, -0.1) is 0 Å². The van der Waals surface area contributed by atoms with Crippen molar-refractivity contribution in [2.45, 2.75) is 19.0 Å². The first kappa shape index (κ1) is 14.6. The van der Waals surface area contributed by atoms with Crippen LogP contribution in [0.4, 0.5) is 0 Å². The third kappa shape index (κ3) is 3.48. The molecule has 1 atom stereocenters. The van der Waals surface area contributed by atoms with Crippen molar-refractivity contribution in [2.75, 3.05) is 21.0 Å². The van der Waals surface area contributed by atoms with Gasteiger partial charge >= 0.3 is 0 Å². The van der Waals surface area contributed by atoms with Crippen LogP contribution in [0.5, 0.6) is 11.5 Å². The van der Waals surface area contributed by atoms with Crippen LogP contribution in [0.1, 0.15) is 19.4 Å². The molecule has 0 amide bonds. The number of rotatable bonds is 6. The molecule has 5 heteroatoms. The third-order valence-corrected chi connectivity index (χ3v) is 4.59. The minimum atomic E-state index is -0.154. The SMILES string of the molecule is COCOc1c(OC)cccc1C(C)(C)PCl. The molecule has 0 heterocycles. The van der Waals surface area contributed by atoms with Crippen molar-refractivity contribution in [3.8, 4) is 11.5 Å². The molecule has 0 spiro atoms. The number of benzene rings is 1. The molecule has 0 aliphatic carbocycles. The first-order valence-electron chi connectivity index (χ1n) is 5.24. The molecule has 1 aromatic rings.